The largest absolute Gasteiger partial charge is 0.489 e. The summed E-state index contributed by atoms with van der Waals surface area (Å²) in [5.74, 6) is 0.960. The first-order valence-corrected chi connectivity index (χ1v) is 6.60. The van der Waals surface area contributed by atoms with Gasteiger partial charge in [0.05, 0.1) is 0 Å². The van der Waals surface area contributed by atoms with Crippen molar-refractivity contribution < 1.29 is 4.74 Å². The van der Waals surface area contributed by atoms with Crippen LogP contribution in [0.5, 0.6) is 5.75 Å². The first-order valence-electron chi connectivity index (χ1n) is 6.60. The van der Waals surface area contributed by atoms with Crippen molar-refractivity contribution in [3.8, 4) is 5.75 Å². The fourth-order valence-electron chi connectivity index (χ4n) is 2.56. The van der Waals surface area contributed by atoms with Crippen LogP contribution in [0.2, 0.25) is 0 Å². The predicted octanol–water partition coefficient (Wildman–Crippen LogP) is 3.65. The Labute approximate surface area is 125 Å². The number of hydrogen-bond donors (Lipinski definition) is 1. The van der Waals surface area contributed by atoms with E-state index in [4.69, 9.17) is 10.5 Å². The van der Waals surface area contributed by atoms with Gasteiger partial charge in [0.25, 0.3) is 0 Å². The Balaban J connectivity index is 0.00000147. The molecule has 1 heterocycles. The van der Waals surface area contributed by atoms with E-state index in [-0.39, 0.29) is 12.4 Å². The number of ether oxygens (including phenoxy) is 1. The molecule has 0 bridgehead atoms. The third kappa shape index (κ3) is 2.72. The maximum absolute atomic E-state index is 5.83. The number of benzene rings is 2. The molecule has 1 aliphatic rings. The molecule has 0 unspecified atom stereocenters. The van der Waals surface area contributed by atoms with E-state index < -0.39 is 0 Å². The minimum Gasteiger partial charge on any atom is -0.489 e. The summed E-state index contributed by atoms with van der Waals surface area (Å²) in [5.41, 5.74) is 10.7. The van der Waals surface area contributed by atoms with E-state index in [9.17, 15) is 0 Å². The lowest BCUT2D eigenvalue weighted by Gasteiger charge is -2.24. The molecule has 104 valence electrons. The van der Waals surface area contributed by atoms with Crippen LogP contribution in [0, 0.1) is 0 Å². The molecule has 0 saturated heterocycles. The summed E-state index contributed by atoms with van der Waals surface area (Å²) in [6, 6.07) is 18.7. The summed E-state index contributed by atoms with van der Waals surface area (Å²) in [5, 5.41) is 0. The normalized spacial score (nSPS) is 13.2. The first-order chi connectivity index (χ1) is 9.40. The molecule has 2 nitrogen and oxygen atoms in total. The SMILES string of the molecule is Cl.NCCC1=C(c2ccccc2)c2ccccc2OC1. The van der Waals surface area contributed by atoms with Gasteiger partial charge in [-0.1, -0.05) is 48.5 Å². The van der Waals surface area contributed by atoms with Gasteiger partial charge >= 0.3 is 0 Å². The fourth-order valence-corrected chi connectivity index (χ4v) is 2.56. The van der Waals surface area contributed by atoms with E-state index in [1.165, 1.54) is 22.3 Å². The Hall–Kier alpha value is -1.77. The van der Waals surface area contributed by atoms with Crippen molar-refractivity contribution in [3.05, 3.63) is 71.3 Å². The second-order valence-corrected chi connectivity index (χ2v) is 4.67. The predicted molar refractivity (Wildman–Crippen MR) is 85.3 cm³/mol. The highest BCUT2D eigenvalue weighted by Crippen LogP contribution is 2.37. The highest BCUT2D eigenvalue weighted by Gasteiger charge is 2.20. The molecular formula is C17H18ClNO. The minimum atomic E-state index is 0. The molecule has 0 aliphatic carbocycles. The van der Waals surface area contributed by atoms with Gasteiger partial charge in [-0.05, 0) is 35.7 Å². The van der Waals surface area contributed by atoms with E-state index in [1.54, 1.807) is 0 Å². The van der Waals surface area contributed by atoms with Crippen molar-refractivity contribution in [2.45, 2.75) is 6.42 Å². The zero-order valence-corrected chi connectivity index (χ0v) is 12.0. The number of rotatable bonds is 3. The van der Waals surface area contributed by atoms with E-state index in [0.717, 1.165) is 12.2 Å². The summed E-state index contributed by atoms with van der Waals surface area (Å²) in [7, 11) is 0. The highest BCUT2D eigenvalue weighted by molar-refractivity contribution is 5.86. The zero-order chi connectivity index (χ0) is 13.1. The summed E-state index contributed by atoms with van der Waals surface area (Å²) in [4.78, 5) is 0. The van der Waals surface area contributed by atoms with Crippen LogP contribution in [-0.2, 0) is 0 Å². The molecule has 2 aromatic rings. The van der Waals surface area contributed by atoms with Gasteiger partial charge in [0, 0.05) is 5.56 Å². The average Bonchev–Trinajstić information content (AvgIpc) is 2.48. The molecule has 3 heteroatoms. The molecule has 0 radical (unpaired) electrons. The monoisotopic (exact) mass is 287 g/mol. The Morgan fingerprint density at radius 1 is 0.950 bits per heavy atom. The number of halogens is 1. The molecule has 0 aromatic heterocycles. The molecule has 2 N–H and O–H groups in total. The molecule has 2 aromatic carbocycles. The molecule has 0 spiro atoms. The third-order valence-electron chi connectivity index (χ3n) is 3.42. The first kappa shape index (κ1) is 14.6. The topological polar surface area (TPSA) is 35.2 Å². The zero-order valence-electron chi connectivity index (χ0n) is 11.2. The van der Waals surface area contributed by atoms with E-state index >= 15 is 0 Å². The Bertz CT molecular complexity index is 607. The van der Waals surface area contributed by atoms with Crippen LogP contribution in [0.25, 0.3) is 5.57 Å². The van der Waals surface area contributed by atoms with Crippen LogP contribution in [0.4, 0.5) is 0 Å². The van der Waals surface area contributed by atoms with Crippen LogP contribution < -0.4 is 10.5 Å². The van der Waals surface area contributed by atoms with Gasteiger partial charge in [0.1, 0.15) is 12.4 Å². The number of hydrogen-bond acceptors (Lipinski definition) is 2. The van der Waals surface area contributed by atoms with Gasteiger partial charge < -0.3 is 10.5 Å². The molecule has 0 saturated carbocycles. The van der Waals surface area contributed by atoms with E-state index in [1.807, 2.05) is 18.2 Å². The Kier molecular flexibility index (Phi) is 4.83. The summed E-state index contributed by atoms with van der Waals surface area (Å²) >= 11 is 0. The van der Waals surface area contributed by atoms with Crippen LogP contribution in [0.1, 0.15) is 17.5 Å². The lowest BCUT2D eigenvalue weighted by Crippen LogP contribution is -2.15. The minimum absolute atomic E-state index is 0. The maximum Gasteiger partial charge on any atom is 0.127 e. The van der Waals surface area contributed by atoms with Gasteiger partial charge in [-0.25, -0.2) is 0 Å². The Morgan fingerprint density at radius 3 is 2.40 bits per heavy atom. The lowest BCUT2D eigenvalue weighted by atomic mass is 9.90. The van der Waals surface area contributed by atoms with Crippen molar-refractivity contribution in [2.24, 2.45) is 5.73 Å². The van der Waals surface area contributed by atoms with Gasteiger partial charge in [-0.2, -0.15) is 0 Å². The summed E-state index contributed by atoms with van der Waals surface area (Å²) in [6.45, 7) is 1.29. The highest BCUT2D eigenvalue weighted by atomic mass is 35.5. The van der Waals surface area contributed by atoms with Crippen LogP contribution in [-0.4, -0.2) is 13.2 Å². The molecule has 0 fully saturated rings. The Morgan fingerprint density at radius 2 is 1.65 bits per heavy atom. The van der Waals surface area contributed by atoms with Crippen LogP contribution >= 0.6 is 12.4 Å². The van der Waals surface area contributed by atoms with Gasteiger partial charge in [0.2, 0.25) is 0 Å². The molecule has 3 rings (SSSR count). The number of nitrogens with two attached hydrogens (primary N) is 1. The lowest BCUT2D eigenvalue weighted by molar-refractivity contribution is 0.341. The van der Waals surface area contributed by atoms with Gasteiger partial charge in [0.15, 0.2) is 0 Å². The van der Waals surface area contributed by atoms with Crippen molar-refractivity contribution >= 4 is 18.0 Å². The fraction of sp³-hybridized carbons (Fsp3) is 0.176. The van der Waals surface area contributed by atoms with Crippen molar-refractivity contribution in [1.82, 2.24) is 0 Å². The molecule has 1 aliphatic heterocycles. The maximum atomic E-state index is 5.83. The smallest absolute Gasteiger partial charge is 0.127 e. The number of para-hydroxylation sites is 1. The van der Waals surface area contributed by atoms with Gasteiger partial charge in [-0.15, -0.1) is 12.4 Å². The standard InChI is InChI=1S/C17H17NO.ClH/c18-11-10-14-12-19-16-9-5-4-8-15(16)17(14)13-6-2-1-3-7-13;/h1-9H,10-12,18H2;1H. The molecule has 0 amide bonds. The number of fused-ring (bicyclic) bond motifs is 1. The van der Waals surface area contributed by atoms with Crippen LogP contribution in [0.15, 0.2) is 60.2 Å². The van der Waals surface area contributed by atoms with Gasteiger partial charge in [-0.3, -0.25) is 0 Å². The molecular weight excluding hydrogens is 270 g/mol. The third-order valence-corrected chi connectivity index (χ3v) is 3.42. The van der Waals surface area contributed by atoms with Crippen molar-refractivity contribution in [2.75, 3.05) is 13.2 Å². The average molecular weight is 288 g/mol. The summed E-state index contributed by atoms with van der Waals surface area (Å²) < 4.78 is 5.83. The molecule has 20 heavy (non-hydrogen) atoms. The second-order valence-electron chi connectivity index (χ2n) is 4.67. The van der Waals surface area contributed by atoms with Crippen molar-refractivity contribution in [1.29, 1.82) is 0 Å². The van der Waals surface area contributed by atoms with E-state index in [0.29, 0.717) is 13.2 Å². The van der Waals surface area contributed by atoms with Crippen molar-refractivity contribution in [3.63, 3.8) is 0 Å². The summed E-state index contributed by atoms with van der Waals surface area (Å²) in [6.07, 6.45) is 0.874. The quantitative estimate of drug-likeness (QED) is 0.935. The molecule has 0 atom stereocenters. The second kappa shape index (κ2) is 6.60. The van der Waals surface area contributed by atoms with Crippen LogP contribution in [0.3, 0.4) is 0 Å². The van der Waals surface area contributed by atoms with E-state index in [2.05, 4.69) is 36.4 Å².